The number of morpholine rings is 1. The molecule has 2 fully saturated rings. The second-order valence-electron chi connectivity index (χ2n) is 7.38. The Balaban J connectivity index is 1.50. The van der Waals surface area contributed by atoms with E-state index >= 15 is 0 Å². The van der Waals surface area contributed by atoms with E-state index in [9.17, 15) is 4.79 Å². The number of piperidine rings is 1. The molecule has 3 rings (SSSR count). The molecule has 0 spiro atoms. The van der Waals surface area contributed by atoms with Gasteiger partial charge in [-0.25, -0.2) is 0 Å². The molecule has 6 heteroatoms. The average Bonchev–Trinajstić information content (AvgIpc) is 2.96. The lowest BCUT2D eigenvalue weighted by molar-refractivity contribution is -0.135. The van der Waals surface area contributed by atoms with Crippen LogP contribution in [0.1, 0.15) is 43.5 Å². The van der Waals surface area contributed by atoms with E-state index in [0.717, 1.165) is 70.0 Å². The number of carbonyl (C=O) groups is 1. The number of amides is 1. The molecule has 6 nitrogen and oxygen atoms in total. The fraction of sp³-hybridized carbons (Fsp3) is 0.789. The molecule has 1 amide bonds. The molecule has 1 atom stereocenters. The van der Waals surface area contributed by atoms with E-state index in [1.165, 1.54) is 6.42 Å². The van der Waals surface area contributed by atoms with Crippen LogP contribution in [0.25, 0.3) is 0 Å². The second-order valence-corrected chi connectivity index (χ2v) is 7.38. The number of ether oxygens (including phenoxy) is 1. The Labute approximate surface area is 151 Å². The molecular weight excluding hydrogens is 316 g/mol. The van der Waals surface area contributed by atoms with E-state index in [4.69, 9.17) is 4.74 Å². The number of hydrogen-bond acceptors (Lipinski definition) is 4. The minimum absolute atomic E-state index is 0.291. The van der Waals surface area contributed by atoms with Crippen molar-refractivity contribution in [2.75, 3.05) is 39.4 Å². The summed E-state index contributed by atoms with van der Waals surface area (Å²) in [6, 6.07) is 2.47. The molecule has 1 aromatic heterocycles. The predicted molar refractivity (Wildman–Crippen MR) is 97.5 cm³/mol. The maximum absolute atomic E-state index is 12.8. The summed E-state index contributed by atoms with van der Waals surface area (Å²) in [5, 5.41) is 4.47. The van der Waals surface area contributed by atoms with Gasteiger partial charge in [0.05, 0.1) is 18.9 Å². The number of rotatable bonds is 6. The number of carbonyl (C=O) groups excluding carboxylic acids is 1. The van der Waals surface area contributed by atoms with E-state index in [-0.39, 0.29) is 0 Å². The van der Waals surface area contributed by atoms with E-state index in [2.05, 4.69) is 27.9 Å². The van der Waals surface area contributed by atoms with Gasteiger partial charge in [-0.2, -0.15) is 5.10 Å². The summed E-state index contributed by atoms with van der Waals surface area (Å²) in [5.74, 6) is 0.291. The molecule has 3 heterocycles. The SMILES string of the molecule is Cc1cc(C)n(CCC(=O)N2CCCC[C@@H]2CCN2CCOCC2)n1. The van der Waals surface area contributed by atoms with E-state index in [1.807, 2.05) is 11.6 Å². The van der Waals surface area contributed by atoms with Gasteiger partial charge in [0.15, 0.2) is 0 Å². The van der Waals surface area contributed by atoms with Gasteiger partial charge in [0.1, 0.15) is 0 Å². The van der Waals surface area contributed by atoms with Crippen LogP contribution in [0.4, 0.5) is 0 Å². The molecule has 0 unspecified atom stereocenters. The lowest BCUT2D eigenvalue weighted by Gasteiger charge is -2.37. The molecule has 0 radical (unpaired) electrons. The average molecular weight is 348 g/mol. The van der Waals surface area contributed by atoms with Crippen molar-refractivity contribution in [1.29, 1.82) is 0 Å². The first-order valence-corrected chi connectivity index (χ1v) is 9.74. The molecule has 0 aliphatic carbocycles. The van der Waals surface area contributed by atoms with Crippen LogP contribution < -0.4 is 0 Å². The van der Waals surface area contributed by atoms with Crippen LogP contribution in [0, 0.1) is 13.8 Å². The van der Waals surface area contributed by atoms with Gasteiger partial charge in [-0.1, -0.05) is 0 Å². The van der Waals surface area contributed by atoms with E-state index in [0.29, 0.717) is 24.9 Å². The molecule has 2 aliphatic rings. The highest BCUT2D eigenvalue weighted by atomic mass is 16.5. The summed E-state index contributed by atoms with van der Waals surface area (Å²) >= 11 is 0. The summed E-state index contributed by atoms with van der Waals surface area (Å²) in [6.45, 7) is 10.5. The summed E-state index contributed by atoms with van der Waals surface area (Å²) in [5.41, 5.74) is 2.15. The summed E-state index contributed by atoms with van der Waals surface area (Å²) in [4.78, 5) is 17.4. The van der Waals surface area contributed by atoms with Crippen LogP contribution in [-0.2, 0) is 16.1 Å². The van der Waals surface area contributed by atoms with Gasteiger partial charge >= 0.3 is 0 Å². The van der Waals surface area contributed by atoms with Gasteiger partial charge in [-0.15, -0.1) is 0 Å². The smallest absolute Gasteiger partial charge is 0.224 e. The van der Waals surface area contributed by atoms with Crippen LogP contribution in [0.15, 0.2) is 6.07 Å². The number of aromatic nitrogens is 2. The minimum atomic E-state index is 0.291. The monoisotopic (exact) mass is 348 g/mol. The number of nitrogens with zero attached hydrogens (tertiary/aromatic N) is 4. The highest BCUT2D eigenvalue weighted by molar-refractivity contribution is 5.76. The van der Waals surface area contributed by atoms with E-state index in [1.54, 1.807) is 0 Å². The van der Waals surface area contributed by atoms with Crippen molar-refractivity contribution in [3.8, 4) is 0 Å². The number of hydrogen-bond donors (Lipinski definition) is 0. The minimum Gasteiger partial charge on any atom is -0.379 e. The van der Waals surface area contributed by atoms with Crippen molar-refractivity contribution in [3.05, 3.63) is 17.5 Å². The fourth-order valence-electron chi connectivity index (χ4n) is 4.03. The molecule has 0 N–H and O–H groups in total. The number of likely N-dealkylation sites (tertiary alicyclic amines) is 1. The predicted octanol–water partition coefficient (Wildman–Crippen LogP) is 1.99. The first-order chi connectivity index (χ1) is 12.1. The van der Waals surface area contributed by atoms with Gasteiger partial charge in [0, 0.05) is 50.9 Å². The normalized spacial score (nSPS) is 22.3. The summed E-state index contributed by atoms with van der Waals surface area (Å²) < 4.78 is 7.38. The third kappa shape index (κ3) is 5.05. The highest BCUT2D eigenvalue weighted by Crippen LogP contribution is 2.21. The van der Waals surface area contributed by atoms with Crippen LogP contribution in [0.3, 0.4) is 0 Å². The number of aryl methyl sites for hydroxylation is 3. The zero-order valence-corrected chi connectivity index (χ0v) is 15.7. The van der Waals surface area contributed by atoms with Crippen molar-refractivity contribution in [2.45, 2.75) is 58.5 Å². The van der Waals surface area contributed by atoms with Gasteiger partial charge < -0.3 is 9.64 Å². The first kappa shape index (κ1) is 18.4. The lowest BCUT2D eigenvalue weighted by atomic mass is 9.98. The molecule has 0 bridgehead atoms. The van der Waals surface area contributed by atoms with Gasteiger partial charge in [-0.05, 0) is 45.6 Å². The van der Waals surface area contributed by atoms with Crippen molar-refractivity contribution >= 4 is 5.91 Å². The van der Waals surface area contributed by atoms with Crippen LogP contribution in [-0.4, -0.2) is 70.9 Å². The van der Waals surface area contributed by atoms with Crippen LogP contribution >= 0.6 is 0 Å². The van der Waals surface area contributed by atoms with Gasteiger partial charge in [0.25, 0.3) is 0 Å². The topological polar surface area (TPSA) is 50.6 Å². The molecule has 2 aliphatic heterocycles. The Morgan fingerprint density at radius 2 is 2.00 bits per heavy atom. The quantitative estimate of drug-likeness (QED) is 0.789. The Morgan fingerprint density at radius 3 is 2.72 bits per heavy atom. The molecule has 2 saturated heterocycles. The standard InChI is InChI=1S/C19H32N4O2/c1-16-15-17(2)23(20-16)10-7-19(24)22-8-4-3-5-18(22)6-9-21-11-13-25-14-12-21/h15,18H,3-14H2,1-2H3/t18-/m1/s1. The van der Waals surface area contributed by atoms with Crippen LogP contribution in [0.2, 0.25) is 0 Å². The van der Waals surface area contributed by atoms with E-state index < -0.39 is 0 Å². The Hall–Kier alpha value is -1.40. The second kappa shape index (κ2) is 8.81. The Kier molecular flexibility index (Phi) is 6.48. The zero-order valence-electron chi connectivity index (χ0n) is 15.7. The summed E-state index contributed by atoms with van der Waals surface area (Å²) in [7, 11) is 0. The molecular formula is C19H32N4O2. The maximum atomic E-state index is 12.8. The third-order valence-electron chi connectivity index (χ3n) is 5.47. The first-order valence-electron chi connectivity index (χ1n) is 9.74. The molecule has 0 aromatic carbocycles. The maximum Gasteiger partial charge on any atom is 0.224 e. The van der Waals surface area contributed by atoms with Crippen molar-refractivity contribution in [2.24, 2.45) is 0 Å². The summed E-state index contributed by atoms with van der Waals surface area (Å²) in [6.07, 6.45) is 5.17. The molecule has 0 saturated carbocycles. The lowest BCUT2D eigenvalue weighted by Crippen LogP contribution is -2.46. The van der Waals surface area contributed by atoms with Crippen molar-refractivity contribution < 1.29 is 9.53 Å². The largest absolute Gasteiger partial charge is 0.379 e. The molecule has 25 heavy (non-hydrogen) atoms. The Bertz CT molecular complexity index is 566. The third-order valence-corrected chi connectivity index (χ3v) is 5.47. The fourth-order valence-corrected chi connectivity index (χ4v) is 4.03. The van der Waals surface area contributed by atoms with Crippen molar-refractivity contribution in [1.82, 2.24) is 19.6 Å². The van der Waals surface area contributed by atoms with Gasteiger partial charge in [-0.3, -0.25) is 14.4 Å². The highest BCUT2D eigenvalue weighted by Gasteiger charge is 2.27. The zero-order chi connectivity index (χ0) is 17.6. The molecule has 1 aromatic rings. The Morgan fingerprint density at radius 1 is 1.20 bits per heavy atom. The van der Waals surface area contributed by atoms with Crippen molar-refractivity contribution in [3.63, 3.8) is 0 Å². The van der Waals surface area contributed by atoms with Crippen LogP contribution in [0.5, 0.6) is 0 Å². The van der Waals surface area contributed by atoms with Gasteiger partial charge in [0.2, 0.25) is 5.91 Å². The molecule has 140 valence electrons.